The Labute approximate surface area is 120 Å². The highest BCUT2D eigenvalue weighted by molar-refractivity contribution is 5.66. The number of H-pyrrole nitrogens is 1. The van der Waals surface area contributed by atoms with Crippen molar-refractivity contribution in [2.75, 3.05) is 0 Å². The molecule has 1 aromatic heterocycles. The number of hydrogen-bond acceptors (Lipinski definition) is 1. The lowest BCUT2D eigenvalue weighted by atomic mass is 10.0. The van der Waals surface area contributed by atoms with Gasteiger partial charge < -0.3 is 0 Å². The molecule has 1 aromatic carbocycles. The molecular weight excluding hydrogens is 248 g/mol. The summed E-state index contributed by atoms with van der Waals surface area (Å²) < 4.78 is 1.77. The van der Waals surface area contributed by atoms with Gasteiger partial charge in [-0.05, 0) is 25.3 Å². The van der Waals surface area contributed by atoms with Crippen molar-refractivity contribution in [3.8, 4) is 11.3 Å². The Hall–Kier alpha value is -1.77. The lowest BCUT2D eigenvalue weighted by Gasteiger charge is -2.05. The van der Waals surface area contributed by atoms with Crippen LogP contribution < -0.4 is 5.56 Å². The molecule has 1 heterocycles. The molecule has 0 bridgehead atoms. The Morgan fingerprint density at radius 3 is 2.55 bits per heavy atom. The van der Waals surface area contributed by atoms with Crippen molar-refractivity contribution in [1.82, 2.24) is 9.78 Å². The molecule has 1 N–H and O–H groups in total. The van der Waals surface area contributed by atoms with Crippen molar-refractivity contribution in [3.63, 3.8) is 0 Å². The zero-order valence-corrected chi connectivity index (χ0v) is 12.7. The Kier molecular flexibility index (Phi) is 4.83. The van der Waals surface area contributed by atoms with Crippen LogP contribution >= 0.6 is 0 Å². The molecule has 0 unspecified atom stereocenters. The van der Waals surface area contributed by atoms with E-state index in [1.165, 1.54) is 5.56 Å². The molecule has 0 aliphatic heterocycles. The number of aryl methyl sites for hydroxylation is 2. The zero-order valence-electron chi connectivity index (χ0n) is 12.7. The molecule has 0 radical (unpaired) electrons. The molecular formula is C17H24N2O. The highest BCUT2D eigenvalue weighted by Crippen LogP contribution is 2.24. The van der Waals surface area contributed by atoms with Crippen molar-refractivity contribution in [1.29, 1.82) is 0 Å². The number of aromatic nitrogens is 2. The fourth-order valence-electron chi connectivity index (χ4n) is 2.55. The predicted molar refractivity (Wildman–Crippen MR) is 84.1 cm³/mol. The van der Waals surface area contributed by atoms with Gasteiger partial charge in [0.15, 0.2) is 0 Å². The first-order valence-electron chi connectivity index (χ1n) is 7.56. The zero-order chi connectivity index (χ0) is 14.5. The first-order valence-corrected chi connectivity index (χ1v) is 7.56. The highest BCUT2D eigenvalue weighted by Gasteiger charge is 2.15. The van der Waals surface area contributed by atoms with Crippen LogP contribution in [0.2, 0.25) is 0 Å². The molecule has 0 aliphatic rings. The maximum atomic E-state index is 12.5. The fourth-order valence-corrected chi connectivity index (χ4v) is 2.55. The number of rotatable bonds is 6. The average Bonchev–Trinajstić information content (AvgIpc) is 2.75. The summed E-state index contributed by atoms with van der Waals surface area (Å²) >= 11 is 0. The monoisotopic (exact) mass is 272 g/mol. The van der Waals surface area contributed by atoms with E-state index in [-0.39, 0.29) is 5.56 Å². The van der Waals surface area contributed by atoms with E-state index in [9.17, 15) is 4.79 Å². The van der Waals surface area contributed by atoms with Crippen molar-refractivity contribution < 1.29 is 0 Å². The van der Waals surface area contributed by atoms with E-state index in [0.29, 0.717) is 0 Å². The van der Waals surface area contributed by atoms with E-state index < -0.39 is 0 Å². The van der Waals surface area contributed by atoms with E-state index in [4.69, 9.17) is 0 Å². The standard InChI is InChI=1S/C17H24N2O/c1-4-6-12-19-17(20)15(9-5-2)16(18-19)14-11-8-7-10-13(14)3/h7-8,10-11,18H,4-6,9,12H2,1-3H3. The van der Waals surface area contributed by atoms with Crippen molar-refractivity contribution in [3.05, 3.63) is 45.7 Å². The van der Waals surface area contributed by atoms with Crippen LogP contribution in [0.5, 0.6) is 0 Å². The number of unbranched alkanes of at least 4 members (excludes halogenated alkanes) is 1. The Morgan fingerprint density at radius 2 is 1.90 bits per heavy atom. The SMILES string of the molecule is CCCCn1[nH]c(-c2ccccc2C)c(CCC)c1=O. The third kappa shape index (κ3) is 2.87. The van der Waals surface area contributed by atoms with E-state index >= 15 is 0 Å². The van der Waals surface area contributed by atoms with Crippen LogP contribution in [0.4, 0.5) is 0 Å². The van der Waals surface area contributed by atoms with Gasteiger partial charge in [0.2, 0.25) is 0 Å². The quantitative estimate of drug-likeness (QED) is 0.850. The van der Waals surface area contributed by atoms with Gasteiger partial charge >= 0.3 is 0 Å². The summed E-state index contributed by atoms with van der Waals surface area (Å²) in [7, 11) is 0. The molecule has 0 saturated heterocycles. The smallest absolute Gasteiger partial charge is 0.270 e. The minimum atomic E-state index is 0.151. The number of nitrogens with zero attached hydrogens (tertiary/aromatic N) is 1. The molecule has 2 aromatic rings. The molecule has 0 aliphatic carbocycles. The number of hydrogen-bond donors (Lipinski definition) is 1. The Bertz CT molecular complexity index is 622. The average molecular weight is 272 g/mol. The second-order valence-corrected chi connectivity index (χ2v) is 5.34. The van der Waals surface area contributed by atoms with Gasteiger partial charge in [-0.1, -0.05) is 51.0 Å². The van der Waals surface area contributed by atoms with Crippen LogP contribution in [0.15, 0.2) is 29.1 Å². The van der Waals surface area contributed by atoms with Crippen LogP contribution in [0, 0.1) is 6.92 Å². The van der Waals surface area contributed by atoms with Gasteiger partial charge in [0.1, 0.15) is 0 Å². The maximum absolute atomic E-state index is 12.5. The van der Waals surface area contributed by atoms with E-state index in [1.54, 1.807) is 4.68 Å². The lowest BCUT2D eigenvalue weighted by Crippen LogP contribution is -2.19. The van der Waals surface area contributed by atoms with Crippen molar-refractivity contribution >= 4 is 0 Å². The number of benzene rings is 1. The van der Waals surface area contributed by atoms with Crippen molar-refractivity contribution in [2.45, 2.75) is 53.0 Å². The van der Waals surface area contributed by atoms with Crippen LogP contribution in [0.3, 0.4) is 0 Å². The fraction of sp³-hybridized carbons (Fsp3) is 0.471. The van der Waals surface area contributed by atoms with Crippen LogP contribution in [0.25, 0.3) is 11.3 Å². The Morgan fingerprint density at radius 1 is 1.15 bits per heavy atom. The third-order valence-corrected chi connectivity index (χ3v) is 3.70. The summed E-state index contributed by atoms with van der Waals surface area (Å²) in [6, 6.07) is 8.24. The summed E-state index contributed by atoms with van der Waals surface area (Å²) in [4.78, 5) is 12.5. The molecule has 0 amide bonds. The first-order chi connectivity index (χ1) is 9.69. The predicted octanol–water partition coefficient (Wildman–Crippen LogP) is 3.90. The summed E-state index contributed by atoms with van der Waals surface area (Å²) in [5.74, 6) is 0. The van der Waals surface area contributed by atoms with Gasteiger partial charge in [-0.2, -0.15) is 0 Å². The third-order valence-electron chi connectivity index (χ3n) is 3.70. The lowest BCUT2D eigenvalue weighted by molar-refractivity contribution is 0.557. The van der Waals surface area contributed by atoms with E-state index in [2.05, 4.69) is 38.0 Å². The Balaban J connectivity index is 2.51. The van der Waals surface area contributed by atoms with Gasteiger partial charge in [-0.25, -0.2) is 0 Å². The normalized spacial score (nSPS) is 10.9. The van der Waals surface area contributed by atoms with E-state index in [1.807, 2.05) is 12.1 Å². The minimum Gasteiger partial charge on any atom is -0.295 e. The topological polar surface area (TPSA) is 37.8 Å². The summed E-state index contributed by atoms with van der Waals surface area (Å²) in [5.41, 5.74) is 4.43. The molecule has 0 spiro atoms. The number of aromatic amines is 1. The molecule has 0 saturated carbocycles. The van der Waals surface area contributed by atoms with Crippen LogP contribution in [-0.2, 0) is 13.0 Å². The van der Waals surface area contributed by atoms with Crippen LogP contribution in [0.1, 0.15) is 44.2 Å². The summed E-state index contributed by atoms with van der Waals surface area (Å²) in [6.45, 7) is 7.12. The summed E-state index contributed by atoms with van der Waals surface area (Å²) in [5, 5.41) is 3.33. The second-order valence-electron chi connectivity index (χ2n) is 5.34. The first kappa shape index (κ1) is 14.6. The summed E-state index contributed by atoms with van der Waals surface area (Å²) in [6.07, 6.45) is 3.94. The highest BCUT2D eigenvalue weighted by atomic mass is 16.1. The number of nitrogens with one attached hydrogen (secondary N) is 1. The molecule has 108 valence electrons. The minimum absolute atomic E-state index is 0.151. The molecule has 20 heavy (non-hydrogen) atoms. The second kappa shape index (κ2) is 6.60. The van der Waals surface area contributed by atoms with E-state index in [0.717, 1.165) is 49.0 Å². The molecule has 3 heteroatoms. The van der Waals surface area contributed by atoms with Gasteiger partial charge in [0.25, 0.3) is 5.56 Å². The maximum Gasteiger partial charge on any atom is 0.270 e. The molecule has 3 nitrogen and oxygen atoms in total. The molecule has 2 rings (SSSR count). The van der Waals surface area contributed by atoms with Crippen molar-refractivity contribution in [2.24, 2.45) is 0 Å². The van der Waals surface area contributed by atoms with Gasteiger partial charge in [-0.3, -0.25) is 14.6 Å². The van der Waals surface area contributed by atoms with Gasteiger partial charge in [0, 0.05) is 17.7 Å². The molecule has 0 fully saturated rings. The van der Waals surface area contributed by atoms with Gasteiger partial charge in [0.05, 0.1) is 5.69 Å². The largest absolute Gasteiger partial charge is 0.295 e. The molecule has 0 atom stereocenters. The van der Waals surface area contributed by atoms with Crippen LogP contribution in [-0.4, -0.2) is 9.78 Å². The van der Waals surface area contributed by atoms with Gasteiger partial charge in [-0.15, -0.1) is 0 Å².